The maximum absolute atomic E-state index is 12.7. The number of carbonyl (C=O) groups excluding carboxylic acids is 3. The molecule has 306 valence electrons. The Hall–Kier alpha value is -1.85. The number of carbonyl (C=O) groups is 3. The molecule has 6 heteroatoms. The van der Waals surface area contributed by atoms with Crippen molar-refractivity contribution in [3.8, 4) is 0 Å². The van der Waals surface area contributed by atoms with Crippen LogP contribution in [0, 0.1) is 0 Å². The Kier molecular flexibility index (Phi) is 40.4. The minimum Gasteiger partial charge on any atom is -0.462 e. The van der Waals surface area contributed by atoms with Crippen LogP contribution in [0.3, 0.4) is 0 Å². The standard InChI is InChI=1S/C46H86O6/c1-4-7-10-13-16-19-21-23-25-27-30-33-36-39-45(48)51-42-43(41-50-44(47)38-35-32-29-26-18-15-12-9-6-3)52-46(49)40-37-34-31-28-24-22-20-17-14-11-8-5-2/h17,20,43H,4-16,18-19,21-42H2,1-3H3/b20-17-. The van der Waals surface area contributed by atoms with Crippen LogP contribution in [0.2, 0.25) is 0 Å². The third kappa shape index (κ3) is 39.4. The molecular weight excluding hydrogens is 648 g/mol. The highest BCUT2D eigenvalue weighted by molar-refractivity contribution is 5.71. The highest BCUT2D eigenvalue weighted by atomic mass is 16.6. The molecule has 6 nitrogen and oxygen atoms in total. The molecule has 1 unspecified atom stereocenters. The Morgan fingerprint density at radius 2 is 0.635 bits per heavy atom. The van der Waals surface area contributed by atoms with Crippen LogP contribution in [0.5, 0.6) is 0 Å². The van der Waals surface area contributed by atoms with Crippen LogP contribution in [0.15, 0.2) is 12.2 Å². The van der Waals surface area contributed by atoms with E-state index < -0.39 is 6.10 Å². The lowest BCUT2D eigenvalue weighted by Gasteiger charge is -2.18. The summed E-state index contributed by atoms with van der Waals surface area (Å²) >= 11 is 0. The van der Waals surface area contributed by atoms with Crippen LogP contribution in [-0.4, -0.2) is 37.2 Å². The molecule has 0 spiro atoms. The van der Waals surface area contributed by atoms with Gasteiger partial charge in [0.2, 0.25) is 0 Å². The molecule has 0 aromatic rings. The van der Waals surface area contributed by atoms with Crippen molar-refractivity contribution in [3.05, 3.63) is 12.2 Å². The first-order valence-corrected chi connectivity index (χ1v) is 22.7. The molecule has 0 aliphatic rings. The average Bonchev–Trinajstić information content (AvgIpc) is 3.14. The zero-order chi connectivity index (χ0) is 38.0. The summed E-state index contributed by atoms with van der Waals surface area (Å²) in [4.78, 5) is 37.6. The number of esters is 3. The topological polar surface area (TPSA) is 78.9 Å². The third-order valence-electron chi connectivity index (χ3n) is 10.0. The van der Waals surface area contributed by atoms with Crippen LogP contribution in [0.4, 0.5) is 0 Å². The molecule has 0 fully saturated rings. The number of ether oxygens (including phenoxy) is 3. The molecule has 0 radical (unpaired) electrons. The quantitative estimate of drug-likeness (QED) is 0.0269. The van der Waals surface area contributed by atoms with E-state index in [4.69, 9.17) is 14.2 Å². The second kappa shape index (κ2) is 41.9. The maximum Gasteiger partial charge on any atom is 0.306 e. The van der Waals surface area contributed by atoms with E-state index in [0.29, 0.717) is 19.3 Å². The van der Waals surface area contributed by atoms with Gasteiger partial charge in [0.25, 0.3) is 0 Å². The SMILES string of the molecule is CCCCC/C=C\CCCCCCCC(=O)OC(COC(=O)CCCCCCCCCCC)COC(=O)CCCCCCCCCCCCCCC. The van der Waals surface area contributed by atoms with E-state index in [1.807, 2.05) is 0 Å². The Labute approximate surface area is 322 Å². The summed E-state index contributed by atoms with van der Waals surface area (Å²) in [6, 6.07) is 0. The van der Waals surface area contributed by atoms with Crippen molar-refractivity contribution in [1.29, 1.82) is 0 Å². The summed E-state index contributed by atoms with van der Waals surface area (Å²) in [5, 5.41) is 0. The summed E-state index contributed by atoms with van der Waals surface area (Å²) in [5.41, 5.74) is 0. The third-order valence-corrected chi connectivity index (χ3v) is 10.0. The van der Waals surface area contributed by atoms with Crippen LogP contribution in [-0.2, 0) is 28.6 Å². The minimum absolute atomic E-state index is 0.0692. The first-order valence-electron chi connectivity index (χ1n) is 22.7. The second-order valence-electron chi connectivity index (χ2n) is 15.3. The second-order valence-corrected chi connectivity index (χ2v) is 15.3. The van der Waals surface area contributed by atoms with Crippen molar-refractivity contribution < 1.29 is 28.6 Å². The molecule has 0 saturated heterocycles. The average molecular weight is 735 g/mol. The van der Waals surface area contributed by atoms with Gasteiger partial charge in [-0.15, -0.1) is 0 Å². The number of hydrogen-bond acceptors (Lipinski definition) is 6. The summed E-state index contributed by atoms with van der Waals surface area (Å²) in [6.45, 7) is 6.59. The largest absolute Gasteiger partial charge is 0.462 e. The highest BCUT2D eigenvalue weighted by Crippen LogP contribution is 2.15. The fourth-order valence-corrected chi connectivity index (χ4v) is 6.55. The normalized spacial score (nSPS) is 12.0. The summed E-state index contributed by atoms with van der Waals surface area (Å²) in [5.74, 6) is -0.874. The van der Waals surface area contributed by atoms with Gasteiger partial charge in [-0.2, -0.15) is 0 Å². The molecular formula is C46H86O6. The predicted molar refractivity (Wildman–Crippen MR) is 220 cm³/mol. The van der Waals surface area contributed by atoms with Gasteiger partial charge in [-0.05, 0) is 44.9 Å². The first-order chi connectivity index (χ1) is 25.5. The summed E-state index contributed by atoms with van der Waals surface area (Å²) in [6.07, 6.45) is 43.3. The summed E-state index contributed by atoms with van der Waals surface area (Å²) in [7, 11) is 0. The van der Waals surface area contributed by atoms with Crippen LogP contribution in [0.1, 0.15) is 245 Å². The van der Waals surface area contributed by atoms with Crippen LogP contribution < -0.4 is 0 Å². The Morgan fingerprint density at radius 1 is 0.365 bits per heavy atom. The lowest BCUT2D eigenvalue weighted by molar-refractivity contribution is -0.167. The van der Waals surface area contributed by atoms with E-state index in [1.165, 1.54) is 141 Å². The monoisotopic (exact) mass is 735 g/mol. The smallest absolute Gasteiger partial charge is 0.306 e. The van der Waals surface area contributed by atoms with Gasteiger partial charge >= 0.3 is 17.9 Å². The Morgan fingerprint density at radius 3 is 1.00 bits per heavy atom. The van der Waals surface area contributed by atoms with Crippen molar-refractivity contribution >= 4 is 17.9 Å². The van der Waals surface area contributed by atoms with Gasteiger partial charge in [0, 0.05) is 19.3 Å². The molecule has 0 amide bonds. The maximum atomic E-state index is 12.7. The molecule has 0 rings (SSSR count). The van der Waals surface area contributed by atoms with E-state index in [0.717, 1.165) is 64.2 Å². The molecule has 0 bridgehead atoms. The molecule has 0 aliphatic carbocycles. The van der Waals surface area contributed by atoms with Gasteiger partial charge in [-0.1, -0.05) is 193 Å². The van der Waals surface area contributed by atoms with Gasteiger partial charge in [0.15, 0.2) is 6.10 Å². The lowest BCUT2D eigenvalue weighted by atomic mass is 10.0. The van der Waals surface area contributed by atoms with E-state index >= 15 is 0 Å². The minimum atomic E-state index is -0.765. The fraction of sp³-hybridized carbons (Fsp3) is 0.891. The van der Waals surface area contributed by atoms with Crippen LogP contribution >= 0.6 is 0 Å². The lowest BCUT2D eigenvalue weighted by Crippen LogP contribution is -2.30. The molecule has 0 saturated carbocycles. The Bertz CT molecular complexity index is 809. The van der Waals surface area contributed by atoms with E-state index in [9.17, 15) is 14.4 Å². The van der Waals surface area contributed by atoms with Crippen molar-refractivity contribution in [3.63, 3.8) is 0 Å². The van der Waals surface area contributed by atoms with Gasteiger partial charge in [-0.3, -0.25) is 14.4 Å². The van der Waals surface area contributed by atoms with Gasteiger partial charge in [-0.25, -0.2) is 0 Å². The highest BCUT2D eigenvalue weighted by Gasteiger charge is 2.19. The zero-order valence-corrected chi connectivity index (χ0v) is 34.8. The van der Waals surface area contributed by atoms with E-state index in [-0.39, 0.29) is 31.1 Å². The van der Waals surface area contributed by atoms with E-state index in [2.05, 4.69) is 32.9 Å². The van der Waals surface area contributed by atoms with Crippen molar-refractivity contribution in [1.82, 2.24) is 0 Å². The molecule has 0 aromatic heterocycles. The molecule has 52 heavy (non-hydrogen) atoms. The predicted octanol–water partition coefficient (Wildman–Crippen LogP) is 14.3. The molecule has 1 atom stereocenters. The number of allylic oxidation sites excluding steroid dienone is 2. The zero-order valence-electron chi connectivity index (χ0n) is 34.8. The van der Waals surface area contributed by atoms with Crippen molar-refractivity contribution in [2.75, 3.05) is 13.2 Å². The summed E-state index contributed by atoms with van der Waals surface area (Å²) < 4.78 is 16.7. The fourth-order valence-electron chi connectivity index (χ4n) is 6.55. The Balaban J connectivity index is 4.33. The van der Waals surface area contributed by atoms with Crippen molar-refractivity contribution in [2.24, 2.45) is 0 Å². The van der Waals surface area contributed by atoms with Gasteiger partial charge in [0.05, 0.1) is 0 Å². The molecule has 0 aromatic carbocycles. The molecule has 0 heterocycles. The van der Waals surface area contributed by atoms with E-state index in [1.54, 1.807) is 0 Å². The molecule has 0 aliphatic heterocycles. The number of unbranched alkanes of at least 4 members (excludes halogenated alkanes) is 28. The van der Waals surface area contributed by atoms with Gasteiger partial charge < -0.3 is 14.2 Å². The van der Waals surface area contributed by atoms with Crippen LogP contribution in [0.25, 0.3) is 0 Å². The number of hydrogen-bond donors (Lipinski definition) is 0. The van der Waals surface area contributed by atoms with Gasteiger partial charge in [0.1, 0.15) is 13.2 Å². The van der Waals surface area contributed by atoms with Crippen molar-refractivity contribution in [2.45, 2.75) is 252 Å². The first kappa shape index (κ1) is 50.1. The number of rotatable bonds is 41. The molecule has 0 N–H and O–H groups in total.